The lowest BCUT2D eigenvalue weighted by molar-refractivity contribution is -0.145. The molecule has 8 amide bonds. The molecule has 1 aliphatic heterocycles. The highest BCUT2D eigenvalue weighted by atomic mass is 16.4. The number of hydrogen-bond acceptors (Lipinski definition) is 16. The SMILES string of the molecule is C[C@H](NC(=O)[C@H](Cc1cnc[nH]1)NC(=O)[C@H](CCCCN)NC(=O)[C@H](CO)NC(=O)[C@H](CCCCN)NC(=O)[C@H](CCCCN)NC(=O)CN)C(=O)N1CCC[C@H]1C(=O)N[C@@H](CCCN=C(N)N)C(=O)O. The Hall–Kier alpha value is -6.49. The van der Waals surface area contributed by atoms with E-state index in [1.54, 1.807) is 0 Å². The number of likely N-dealkylation sites (tertiary alicyclic amines) is 1. The molecule has 0 saturated carbocycles. The second kappa shape index (κ2) is 33.2. The summed E-state index contributed by atoms with van der Waals surface area (Å²) in [5.41, 5.74) is 33.5. The number of aliphatic hydroxyl groups excluding tert-OH is 1. The second-order valence-corrected chi connectivity index (χ2v) is 17.2. The Labute approximate surface area is 412 Å². The number of amides is 8. The average molecular weight is 1010 g/mol. The van der Waals surface area contributed by atoms with Crippen LogP contribution in [-0.2, 0) is 49.6 Å². The third-order valence-corrected chi connectivity index (χ3v) is 11.5. The molecule has 1 aliphatic rings. The number of carbonyl (C=O) groups excluding carboxylic acids is 8. The van der Waals surface area contributed by atoms with Gasteiger partial charge in [0.1, 0.15) is 48.3 Å². The van der Waals surface area contributed by atoms with Crippen molar-refractivity contribution in [1.82, 2.24) is 52.1 Å². The monoisotopic (exact) mass is 1010 g/mol. The number of guanidine groups is 1. The fourth-order valence-corrected chi connectivity index (χ4v) is 7.60. The number of nitrogens with zero attached hydrogens (tertiary/aromatic N) is 3. The summed E-state index contributed by atoms with van der Waals surface area (Å²) in [6, 6.07) is -10.2. The number of carbonyl (C=O) groups is 9. The second-order valence-electron chi connectivity index (χ2n) is 17.2. The van der Waals surface area contributed by atoms with Crippen molar-refractivity contribution >= 4 is 59.2 Å². The first-order valence-corrected chi connectivity index (χ1v) is 24.0. The Kier molecular flexibility index (Phi) is 28.3. The summed E-state index contributed by atoms with van der Waals surface area (Å²) in [6.45, 7) is 1.25. The minimum absolute atomic E-state index is 0.00338. The van der Waals surface area contributed by atoms with Crippen LogP contribution in [0, 0.1) is 0 Å². The number of aromatic amines is 1. The maximum Gasteiger partial charge on any atom is 0.326 e. The van der Waals surface area contributed by atoms with Gasteiger partial charge in [0.15, 0.2) is 5.96 Å². The zero-order valence-electron chi connectivity index (χ0n) is 40.5. The molecule has 22 N–H and O–H groups in total. The van der Waals surface area contributed by atoms with Gasteiger partial charge in [-0.05, 0) is 110 Å². The minimum atomic E-state index is -1.63. The van der Waals surface area contributed by atoms with Gasteiger partial charge >= 0.3 is 5.97 Å². The molecule has 28 heteroatoms. The van der Waals surface area contributed by atoms with Gasteiger partial charge in [-0.3, -0.25) is 43.3 Å². The van der Waals surface area contributed by atoms with Crippen molar-refractivity contribution in [2.45, 2.75) is 145 Å². The van der Waals surface area contributed by atoms with Gasteiger partial charge in [-0.15, -0.1) is 0 Å². The maximum atomic E-state index is 14.1. The highest BCUT2D eigenvalue weighted by molar-refractivity contribution is 5.98. The van der Waals surface area contributed by atoms with E-state index in [2.05, 4.69) is 52.2 Å². The highest BCUT2D eigenvalue weighted by Crippen LogP contribution is 2.19. The van der Waals surface area contributed by atoms with Gasteiger partial charge in [-0.2, -0.15) is 0 Å². The lowest BCUT2D eigenvalue weighted by Crippen LogP contribution is -2.60. The van der Waals surface area contributed by atoms with E-state index in [1.807, 2.05) is 0 Å². The number of hydrogen-bond donors (Lipinski definition) is 16. The molecule has 2 heterocycles. The van der Waals surface area contributed by atoms with E-state index in [4.69, 9.17) is 34.4 Å². The Morgan fingerprint density at radius 1 is 0.690 bits per heavy atom. The quantitative estimate of drug-likeness (QED) is 0.0171. The largest absolute Gasteiger partial charge is 0.480 e. The molecule has 0 radical (unpaired) electrons. The predicted octanol–water partition coefficient (Wildman–Crippen LogP) is -6.17. The average Bonchev–Trinajstić information content (AvgIpc) is 4.05. The van der Waals surface area contributed by atoms with Gasteiger partial charge in [0.2, 0.25) is 47.3 Å². The van der Waals surface area contributed by atoms with Crippen molar-refractivity contribution in [3.05, 3.63) is 18.2 Å². The van der Waals surface area contributed by atoms with Crippen molar-refractivity contribution in [3.8, 4) is 0 Å². The number of H-pyrrole nitrogens is 1. The Bertz CT molecular complexity index is 1900. The molecule has 1 aromatic rings. The molecule has 8 atom stereocenters. The molecule has 2 rings (SSSR count). The molecule has 0 aromatic carbocycles. The molecular weight excluding hydrogens is 931 g/mol. The molecule has 1 aromatic heterocycles. The standard InChI is InChI=1S/C43H77N17O11/c1-25(41(69)60-19-9-14-33(60)40(68)57-30(42(70)71)13-8-18-51-43(48)49)53-38(66)31(20-26-22-50-24-52-26)58-36(64)28(11-3-6-16-45)56-39(67)32(23-61)59-37(65)29(12-4-7-17-46)55-35(63)27(10-2-5-15-44)54-34(62)21-47/h22,24-25,27-33,61H,2-21,23,44-47H2,1H3,(H,50,52)(H,53,66)(H,54,62)(H,55,63)(H,56,67)(H,57,68)(H,58,64)(H,59,65)(H,70,71)(H4,48,49,51)/t25-,27-,28-,29-,30-,31-,32-,33-/m0/s1. The molecule has 1 saturated heterocycles. The number of rotatable bonds is 35. The fourth-order valence-electron chi connectivity index (χ4n) is 7.60. The first-order valence-electron chi connectivity index (χ1n) is 24.0. The maximum absolute atomic E-state index is 14.1. The third kappa shape index (κ3) is 22.0. The summed E-state index contributed by atoms with van der Waals surface area (Å²) < 4.78 is 0. The van der Waals surface area contributed by atoms with E-state index in [9.17, 15) is 53.4 Å². The first kappa shape index (κ1) is 60.6. The van der Waals surface area contributed by atoms with Crippen molar-refractivity contribution in [2.24, 2.45) is 39.4 Å². The number of nitrogens with one attached hydrogen (secondary N) is 8. The molecule has 400 valence electrons. The first-order chi connectivity index (χ1) is 33.9. The molecule has 0 bridgehead atoms. The van der Waals surface area contributed by atoms with Crippen LogP contribution < -0.4 is 71.6 Å². The Balaban J connectivity index is 2.27. The van der Waals surface area contributed by atoms with Crippen LogP contribution in [0.3, 0.4) is 0 Å². The molecular formula is C43H77N17O11. The Morgan fingerprint density at radius 3 is 1.66 bits per heavy atom. The Morgan fingerprint density at radius 2 is 1.18 bits per heavy atom. The summed E-state index contributed by atoms with van der Waals surface area (Å²) in [6.07, 6.45) is 6.48. The zero-order chi connectivity index (χ0) is 52.9. The summed E-state index contributed by atoms with van der Waals surface area (Å²) in [5.74, 6) is -7.56. The lowest BCUT2D eigenvalue weighted by atomic mass is 10.0. The normalized spacial score (nSPS) is 16.1. The summed E-state index contributed by atoms with van der Waals surface area (Å²) in [5, 5.41) is 37.9. The van der Waals surface area contributed by atoms with Crippen LogP contribution in [0.4, 0.5) is 0 Å². The highest BCUT2D eigenvalue weighted by Gasteiger charge is 2.39. The van der Waals surface area contributed by atoms with Gasteiger partial charge in [0.25, 0.3) is 0 Å². The smallest absolute Gasteiger partial charge is 0.326 e. The van der Waals surface area contributed by atoms with Crippen LogP contribution in [-0.4, -0.2) is 178 Å². The lowest BCUT2D eigenvalue weighted by Gasteiger charge is -2.29. The number of aliphatic hydroxyl groups is 1. The molecule has 71 heavy (non-hydrogen) atoms. The van der Waals surface area contributed by atoms with Crippen LogP contribution in [0.25, 0.3) is 0 Å². The van der Waals surface area contributed by atoms with Gasteiger partial charge in [0.05, 0.1) is 19.5 Å². The molecule has 0 spiro atoms. The van der Waals surface area contributed by atoms with Crippen molar-refractivity contribution in [1.29, 1.82) is 0 Å². The van der Waals surface area contributed by atoms with E-state index in [-0.39, 0.29) is 83.6 Å². The van der Waals surface area contributed by atoms with Gasteiger partial charge in [-0.1, -0.05) is 0 Å². The molecule has 28 nitrogen and oxygen atoms in total. The van der Waals surface area contributed by atoms with Gasteiger partial charge < -0.3 is 91.7 Å². The van der Waals surface area contributed by atoms with Gasteiger partial charge in [-0.25, -0.2) is 9.78 Å². The molecule has 1 fully saturated rings. The number of carboxylic acid groups (broad SMARTS) is 1. The van der Waals surface area contributed by atoms with Crippen LogP contribution in [0.15, 0.2) is 17.5 Å². The summed E-state index contributed by atoms with van der Waals surface area (Å²) >= 11 is 0. The third-order valence-electron chi connectivity index (χ3n) is 11.5. The van der Waals surface area contributed by atoms with Crippen LogP contribution >= 0.6 is 0 Å². The van der Waals surface area contributed by atoms with E-state index in [0.717, 1.165) is 0 Å². The summed E-state index contributed by atoms with van der Waals surface area (Å²) in [4.78, 5) is 132. The number of aliphatic carboxylic acids is 1. The molecule has 0 aliphatic carbocycles. The summed E-state index contributed by atoms with van der Waals surface area (Å²) in [7, 11) is 0. The van der Waals surface area contributed by atoms with E-state index in [0.29, 0.717) is 57.2 Å². The fraction of sp³-hybridized carbons (Fsp3) is 0.698. The number of aromatic nitrogens is 2. The van der Waals surface area contributed by atoms with Crippen LogP contribution in [0.1, 0.15) is 96.1 Å². The number of nitrogens with two attached hydrogens (primary N) is 6. The van der Waals surface area contributed by atoms with Gasteiger partial charge in [0, 0.05) is 31.4 Å². The number of imidazole rings is 1. The van der Waals surface area contributed by atoms with E-state index < -0.39 is 108 Å². The minimum Gasteiger partial charge on any atom is -0.480 e. The van der Waals surface area contributed by atoms with Crippen molar-refractivity contribution in [3.63, 3.8) is 0 Å². The number of carboxylic acids is 1. The van der Waals surface area contributed by atoms with Crippen LogP contribution in [0.2, 0.25) is 0 Å². The predicted molar refractivity (Wildman–Crippen MR) is 259 cm³/mol. The molecule has 0 unspecified atom stereocenters. The van der Waals surface area contributed by atoms with Crippen molar-refractivity contribution in [2.75, 3.05) is 45.9 Å². The van der Waals surface area contributed by atoms with Crippen LogP contribution in [0.5, 0.6) is 0 Å². The number of unbranched alkanes of at least 4 members (excludes halogenated alkanes) is 3. The zero-order valence-corrected chi connectivity index (χ0v) is 40.5. The van der Waals surface area contributed by atoms with E-state index in [1.165, 1.54) is 24.3 Å². The number of aliphatic imine (C=N–C) groups is 1. The van der Waals surface area contributed by atoms with E-state index >= 15 is 0 Å². The topological polar surface area (TPSA) is 479 Å². The van der Waals surface area contributed by atoms with Crippen molar-refractivity contribution < 1.29 is 53.4 Å².